The molecule has 0 aliphatic carbocycles. The molecule has 1 saturated heterocycles. The average molecular weight is 298 g/mol. The van der Waals surface area contributed by atoms with E-state index in [-0.39, 0.29) is 23.6 Å². The van der Waals surface area contributed by atoms with Gasteiger partial charge in [0.2, 0.25) is 5.91 Å². The Labute approximate surface area is 129 Å². The Morgan fingerprint density at radius 3 is 2.55 bits per heavy atom. The zero-order chi connectivity index (χ0) is 15.4. The van der Waals surface area contributed by atoms with E-state index in [2.05, 4.69) is 10.6 Å². The van der Waals surface area contributed by atoms with E-state index in [0.29, 0.717) is 13.1 Å². The molecule has 0 saturated carbocycles. The van der Waals surface area contributed by atoms with E-state index in [4.69, 9.17) is 0 Å². The fraction of sp³-hybridized carbons (Fsp3) is 0.278. The van der Waals surface area contributed by atoms with Gasteiger partial charge >= 0.3 is 0 Å². The second-order valence-electron chi connectivity index (χ2n) is 5.63. The van der Waals surface area contributed by atoms with Gasteiger partial charge in [0.25, 0.3) is 0 Å². The molecular weight excluding hydrogens is 279 g/mol. The van der Waals surface area contributed by atoms with Crippen molar-refractivity contribution in [1.29, 1.82) is 0 Å². The monoisotopic (exact) mass is 298 g/mol. The zero-order valence-corrected chi connectivity index (χ0v) is 12.3. The molecule has 1 heterocycles. The van der Waals surface area contributed by atoms with Crippen molar-refractivity contribution in [2.45, 2.75) is 12.5 Å². The number of carbonyl (C=O) groups excluding carboxylic acids is 1. The molecule has 0 spiro atoms. The SMILES string of the molecule is O=C(NCc1ccccc1)[C@@H]1CNC[C@H]1c1ccc(F)cc1. The highest BCUT2D eigenvalue weighted by Crippen LogP contribution is 2.28. The van der Waals surface area contributed by atoms with Crippen LogP contribution in [0.5, 0.6) is 0 Å². The number of hydrogen-bond acceptors (Lipinski definition) is 2. The van der Waals surface area contributed by atoms with Crippen molar-refractivity contribution in [3.8, 4) is 0 Å². The van der Waals surface area contributed by atoms with Crippen LogP contribution in [0, 0.1) is 11.7 Å². The van der Waals surface area contributed by atoms with Crippen molar-refractivity contribution in [3.05, 3.63) is 71.5 Å². The van der Waals surface area contributed by atoms with Crippen LogP contribution in [0.2, 0.25) is 0 Å². The molecule has 1 fully saturated rings. The van der Waals surface area contributed by atoms with Gasteiger partial charge in [-0.2, -0.15) is 0 Å². The number of rotatable bonds is 4. The summed E-state index contributed by atoms with van der Waals surface area (Å²) in [6.45, 7) is 1.93. The number of carbonyl (C=O) groups is 1. The molecule has 3 rings (SSSR count). The van der Waals surface area contributed by atoms with Crippen molar-refractivity contribution in [3.63, 3.8) is 0 Å². The van der Waals surface area contributed by atoms with Crippen molar-refractivity contribution in [2.24, 2.45) is 5.92 Å². The number of benzene rings is 2. The molecule has 22 heavy (non-hydrogen) atoms. The highest BCUT2D eigenvalue weighted by atomic mass is 19.1. The summed E-state index contributed by atoms with van der Waals surface area (Å²) in [4.78, 5) is 12.4. The van der Waals surface area contributed by atoms with E-state index in [1.54, 1.807) is 12.1 Å². The van der Waals surface area contributed by atoms with Gasteiger partial charge in [-0.05, 0) is 23.3 Å². The molecule has 4 heteroatoms. The molecule has 0 bridgehead atoms. The summed E-state index contributed by atoms with van der Waals surface area (Å²) < 4.78 is 13.0. The van der Waals surface area contributed by atoms with Crippen molar-refractivity contribution < 1.29 is 9.18 Å². The van der Waals surface area contributed by atoms with Gasteiger partial charge in [-0.3, -0.25) is 4.79 Å². The number of nitrogens with one attached hydrogen (secondary N) is 2. The zero-order valence-electron chi connectivity index (χ0n) is 12.3. The van der Waals surface area contributed by atoms with Crippen LogP contribution in [0.3, 0.4) is 0 Å². The van der Waals surface area contributed by atoms with Gasteiger partial charge in [-0.1, -0.05) is 42.5 Å². The molecule has 2 aromatic carbocycles. The topological polar surface area (TPSA) is 41.1 Å². The summed E-state index contributed by atoms with van der Waals surface area (Å²) in [7, 11) is 0. The Bertz CT molecular complexity index is 627. The van der Waals surface area contributed by atoms with Crippen molar-refractivity contribution >= 4 is 5.91 Å². The van der Waals surface area contributed by atoms with Crippen LogP contribution < -0.4 is 10.6 Å². The van der Waals surface area contributed by atoms with Gasteiger partial charge in [-0.25, -0.2) is 4.39 Å². The van der Waals surface area contributed by atoms with Crippen molar-refractivity contribution in [2.75, 3.05) is 13.1 Å². The van der Waals surface area contributed by atoms with E-state index in [1.807, 2.05) is 30.3 Å². The number of amides is 1. The number of halogens is 1. The minimum Gasteiger partial charge on any atom is -0.352 e. The Hall–Kier alpha value is -2.20. The molecule has 2 N–H and O–H groups in total. The summed E-state index contributed by atoms with van der Waals surface area (Å²) >= 11 is 0. The van der Waals surface area contributed by atoms with Gasteiger partial charge in [-0.15, -0.1) is 0 Å². The molecule has 114 valence electrons. The lowest BCUT2D eigenvalue weighted by atomic mass is 9.88. The van der Waals surface area contributed by atoms with Crippen molar-refractivity contribution in [1.82, 2.24) is 10.6 Å². The summed E-state index contributed by atoms with van der Waals surface area (Å²) in [5.41, 5.74) is 2.09. The third-order valence-electron chi connectivity index (χ3n) is 4.16. The lowest BCUT2D eigenvalue weighted by Gasteiger charge is -2.18. The van der Waals surface area contributed by atoms with Gasteiger partial charge in [0.05, 0.1) is 5.92 Å². The quantitative estimate of drug-likeness (QED) is 0.910. The second-order valence-corrected chi connectivity index (χ2v) is 5.63. The first-order valence-corrected chi connectivity index (χ1v) is 7.52. The first kappa shape index (κ1) is 14.7. The molecule has 2 atom stereocenters. The van der Waals surface area contributed by atoms with E-state index >= 15 is 0 Å². The van der Waals surface area contributed by atoms with Crippen LogP contribution in [-0.4, -0.2) is 19.0 Å². The minimum atomic E-state index is -0.250. The van der Waals surface area contributed by atoms with Crippen LogP contribution >= 0.6 is 0 Å². The molecule has 0 unspecified atom stereocenters. The fourth-order valence-electron chi connectivity index (χ4n) is 2.93. The van der Waals surface area contributed by atoms with Crippen LogP contribution in [0.15, 0.2) is 54.6 Å². The summed E-state index contributed by atoms with van der Waals surface area (Å²) in [6.07, 6.45) is 0. The Morgan fingerprint density at radius 2 is 1.82 bits per heavy atom. The third kappa shape index (κ3) is 3.34. The van der Waals surface area contributed by atoms with Gasteiger partial charge in [0, 0.05) is 25.6 Å². The summed E-state index contributed by atoms with van der Waals surface area (Å²) in [5.74, 6) is -0.228. The predicted molar refractivity (Wildman–Crippen MR) is 83.8 cm³/mol. The normalized spacial score (nSPS) is 20.8. The Kier molecular flexibility index (Phi) is 4.49. The maximum Gasteiger partial charge on any atom is 0.225 e. The lowest BCUT2D eigenvalue weighted by Crippen LogP contribution is -2.34. The third-order valence-corrected chi connectivity index (χ3v) is 4.16. The van der Waals surface area contributed by atoms with Crippen LogP contribution in [-0.2, 0) is 11.3 Å². The fourth-order valence-corrected chi connectivity index (χ4v) is 2.93. The smallest absolute Gasteiger partial charge is 0.225 e. The van der Waals surface area contributed by atoms with Gasteiger partial charge in [0.15, 0.2) is 0 Å². The van der Waals surface area contributed by atoms with E-state index in [0.717, 1.165) is 17.7 Å². The predicted octanol–water partition coefficient (Wildman–Crippen LogP) is 2.45. The molecule has 1 aliphatic heterocycles. The molecule has 3 nitrogen and oxygen atoms in total. The minimum absolute atomic E-state index is 0.0446. The van der Waals surface area contributed by atoms with Gasteiger partial charge in [0.1, 0.15) is 5.82 Å². The molecule has 1 amide bonds. The molecule has 0 radical (unpaired) electrons. The molecule has 2 aromatic rings. The molecule has 1 aliphatic rings. The number of hydrogen-bond donors (Lipinski definition) is 2. The Morgan fingerprint density at radius 1 is 1.09 bits per heavy atom. The van der Waals surface area contributed by atoms with Gasteiger partial charge < -0.3 is 10.6 Å². The largest absolute Gasteiger partial charge is 0.352 e. The summed E-state index contributed by atoms with van der Waals surface area (Å²) in [6, 6.07) is 16.3. The molecule has 0 aromatic heterocycles. The van der Waals surface area contributed by atoms with E-state index in [1.165, 1.54) is 12.1 Å². The van der Waals surface area contributed by atoms with Crippen LogP contribution in [0.1, 0.15) is 17.0 Å². The van der Waals surface area contributed by atoms with E-state index < -0.39 is 0 Å². The first-order chi connectivity index (χ1) is 10.7. The Balaban J connectivity index is 1.65. The lowest BCUT2D eigenvalue weighted by molar-refractivity contribution is -0.125. The maximum absolute atomic E-state index is 13.0. The molecular formula is C18H19FN2O. The standard InChI is InChI=1S/C18H19FN2O/c19-15-8-6-14(7-9-15)16-11-20-12-17(16)18(22)21-10-13-4-2-1-3-5-13/h1-9,16-17,20H,10-12H2,(H,21,22)/t16-,17+/m0/s1. The average Bonchev–Trinajstić information content (AvgIpc) is 3.04. The highest BCUT2D eigenvalue weighted by molar-refractivity contribution is 5.80. The highest BCUT2D eigenvalue weighted by Gasteiger charge is 2.33. The van der Waals surface area contributed by atoms with E-state index in [9.17, 15) is 9.18 Å². The van der Waals surface area contributed by atoms with Crippen LogP contribution in [0.4, 0.5) is 4.39 Å². The van der Waals surface area contributed by atoms with Crippen LogP contribution in [0.25, 0.3) is 0 Å². The first-order valence-electron chi connectivity index (χ1n) is 7.52. The summed E-state index contributed by atoms with van der Waals surface area (Å²) in [5, 5.41) is 6.26. The second kappa shape index (κ2) is 6.71. The maximum atomic E-state index is 13.0.